The van der Waals surface area contributed by atoms with Gasteiger partial charge in [-0.05, 0) is 0 Å². The molecule has 0 aliphatic rings. The first kappa shape index (κ1) is 9.18. The molecule has 1 nitrogen and oxygen atoms in total. The van der Waals surface area contributed by atoms with Gasteiger partial charge < -0.3 is 0 Å². The summed E-state index contributed by atoms with van der Waals surface area (Å²) in [4.78, 5) is 8.82. The van der Waals surface area contributed by atoms with Crippen molar-refractivity contribution in [3.63, 3.8) is 0 Å². The second-order valence-corrected chi connectivity index (χ2v) is 9.11. The Balaban J connectivity index is 4.56. The molecule has 0 aromatic carbocycles. The summed E-state index contributed by atoms with van der Waals surface area (Å²) in [6.07, 6.45) is 0. The number of hydrogen-bond donors (Lipinski definition) is 1. The van der Waals surface area contributed by atoms with Crippen LogP contribution in [0.25, 0.3) is 0 Å². The van der Waals surface area contributed by atoms with E-state index in [0.717, 1.165) is 20.0 Å². The van der Waals surface area contributed by atoms with Gasteiger partial charge in [0.15, 0.2) is 0 Å². The number of alkyl halides is 3. The van der Waals surface area contributed by atoms with E-state index in [9.17, 15) is 13.2 Å². The molecule has 0 unspecified atom stereocenters. The van der Waals surface area contributed by atoms with Gasteiger partial charge in [0.2, 0.25) is 0 Å². The van der Waals surface area contributed by atoms with Gasteiger partial charge in [0, 0.05) is 0 Å². The van der Waals surface area contributed by atoms with Crippen molar-refractivity contribution in [1.29, 1.82) is 0 Å². The Hall–Kier alpha value is 0.180. The van der Waals surface area contributed by atoms with Crippen LogP contribution in [0.2, 0.25) is 0 Å². The normalized spacial score (nSPS) is 18.8. The minimum absolute atomic E-state index is 0.853. The van der Waals surface area contributed by atoms with E-state index in [1.165, 1.54) is 0 Å². The van der Waals surface area contributed by atoms with E-state index in [4.69, 9.17) is 4.89 Å². The molecule has 0 aliphatic heterocycles. The van der Waals surface area contributed by atoms with Crippen LogP contribution in [0.1, 0.15) is 0 Å². The molecule has 1 N–H and O–H groups in total. The molecular formula is C4H10F3OP. The molecule has 0 aromatic rings. The second-order valence-electron chi connectivity index (χ2n) is 3.18. The summed E-state index contributed by atoms with van der Waals surface area (Å²) in [5.74, 6) is -4.44. The van der Waals surface area contributed by atoms with Crippen molar-refractivity contribution in [2.24, 2.45) is 0 Å². The SMILES string of the molecule is CP(C)(C)(O)C(F)(F)F. The molecule has 0 aliphatic carbocycles. The number of halogens is 3. The number of hydrogen-bond acceptors (Lipinski definition) is 1. The van der Waals surface area contributed by atoms with Crippen LogP contribution in [-0.2, 0) is 0 Å². The molecular weight excluding hydrogens is 152 g/mol. The van der Waals surface area contributed by atoms with Gasteiger partial charge in [-0.15, -0.1) is 0 Å². The number of rotatable bonds is 0. The maximum absolute atomic E-state index is 11.8. The molecule has 0 fully saturated rings. The van der Waals surface area contributed by atoms with Gasteiger partial charge >= 0.3 is 50.8 Å². The third kappa shape index (κ3) is 2.11. The average Bonchev–Trinajstić information content (AvgIpc) is 1.20. The van der Waals surface area contributed by atoms with Gasteiger partial charge in [-0.3, -0.25) is 0 Å². The first-order valence-electron chi connectivity index (χ1n) is 2.33. The van der Waals surface area contributed by atoms with Gasteiger partial charge in [0.05, 0.1) is 0 Å². The fraction of sp³-hybridized carbons (Fsp3) is 1.00. The Morgan fingerprint density at radius 3 is 1.22 bits per heavy atom. The Bertz CT molecular complexity index is 111. The minimum atomic E-state index is -4.44. The molecule has 0 saturated carbocycles. The van der Waals surface area contributed by atoms with Crippen molar-refractivity contribution in [3.8, 4) is 0 Å². The van der Waals surface area contributed by atoms with Crippen molar-refractivity contribution in [1.82, 2.24) is 0 Å². The van der Waals surface area contributed by atoms with Gasteiger partial charge in [-0.2, -0.15) is 0 Å². The van der Waals surface area contributed by atoms with E-state index in [0.29, 0.717) is 0 Å². The molecule has 58 valence electrons. The topological polar surface area (TPSA) is 20.2 Å². The molecule has 0 spiro atoms. The zero-order valence-corrected chi connectivity index (χ0v) is 6.42. The van der Waals surface area contributed by atoms with Crippen LogP contribution < -0.4 is 0 Å². The monoisotopic (exact) mass is 162 g/mol. The average molecular weight is 162 g/mol. The van der Waals surface area contributed by atoms with Crippen LogP contribution in [0.15, 0.2) is 0 Å². The van der Waals surface area contributed by atoms with Crippen LogP contribution >= 0.6 is 6.83 Å². The van der Waals surface area contributed by atoms with Crippen molar-refractivity contribution in [3.05, 3.63) is 0 Å². The second kappa shape index (κ2) is 1.61. The summed E-state index contributed by atoms with van der Waals surface area (Å²) >= 11 is 0. The van der Waals surface area contributed by atoms with Crippen LogP contribution in [-0.4, -0.2) is 30.8 Å². The standard InChI is InChI=1S/C4H10F3OP/c1-9(2,3,8)4(5,6)7/h8H,1-3H3. The van der Waals surface area contributed by atoms with Crippen molar-refractivity contribution in [2.75, 3.05) is 20.0 Å². The van der Waals surface area contributed by atoms with E-state index in [1.807, 2.05) is 0 Å². The fourth-order valence-electron chi connectivity index (χ4n) is 0. The Kier molecular flexibility index (Phi) is 1.64. The molecule has 0 aromatic heterocycles. The summed E-state index contributed by atoms with van der Waals surface area (Å²) in [6.45, 7) is -1.76. The summed E-state index contributed by atoms with van der Waals surface area (Å²) in [5.41, 5.74) is 0. The summed E-state index contributed by atoms with van der Waals surface area (Å²) < 4.78 is 35.3. The first-order chi connectivity index (χ1) is 3.51. The predicted octanol–water partition coefficient (Wildman–Crippen LogP) is 1.86. The van der Waals surface area contributed by atoms with Crippen LogP contribution in [0.3, 0.4) is 0 Å². The molecule has 9 heavy (non-hydrogen) atoms. The Morgan fingerprint density at radius 1 is 1.11 bits per heavy atom. The Labute approximate surface area is 51.9 Å². The zero-order chi connectivity index (χ0) is 7.95. The summed E-state index contributed by atoms with van der Waals surface area (Å²) in [6, 6.07) is 0. The molecule has 0 radical (unpaired) electrons. The fourth-order valence-corrected chi connectivity index (χ4v) is 0. The van der Waals surface area contributed by atoms with Crippen molar-refractivity contribution in [2.45, 2.75) is 5.92 Å². The first-order valence-corrected chi connectivity index (χ1v) is 5.86. The predicted molar refractivity (Wildman–Crippen MR) is 33.0 cm³/mol. The van der Waals surface area contributed by atoms with Crippen molar-refractivity contribution >= 4 is 6.83 Å². The molecule has 0 amide bonds. The maximum atomic E-state index is 11.8. The van der Waals surface area contributed by atoms with Crippen LogP contribution in [0.4, 0.5) is 13.2 Å². The third-order valence-electron chi connectivity index (χ3n) is 0.874. The van der Waals surface area contributed by atoms with E-state index in [1.54, 1.807) is 0 Å². The third-order valence-corrected chi connectivity index (χ3v) is 2.62. The molecule has 0 atom stereocenters. The molecule has 5 heteroatoms. The van der Waals surface area contributed by atoms with Crippen molar-refractivity contribution < 1.29 is 18.1 Å². The molecule has 0 saturated heterocycles. The molecule has 0 bridgehead atoms. The van der Waals surface area contributed by atoms with E-state index < -0.39 is 12.7 Å². The van der Waals surface area contributed by atoms with Crippen LogP contribution in [0.5, 0.6) is 0 Å². The summed E-state index contributed by atoms with van der Waals surface area (Å²) in [7, 11) is 0. The zero-order valence-electron chi connectivity index (χ0n) is 5.53. The van der Waals surface area contributed by atoms with E-state index in [-0.39, 0.29) is 0 Å². The Morgan fingerprint density at radius 2 is 1.22 bits per heavy atom. The van der Waals surface area contributed by atoms with Gasteiger partial charge in [-0.1, -0.05) is 0 Å². The summed E-state index contributed by atoms with van der Waals surface area (Å²) in [5, 5.41) is 0. The molecule has 0 rings (SSSR count). The van der Waals surface area contributed by atoms with Gasteiger partial charge in [0.1, 0.15) is 0 Å². The van der Waals surface area contributed by atoms with E-state index >= 15 is 0 Å². The van der Waals surface area contributed by atoms with Crippen LogP contribution in [0, 0.1) is 0 Å². The van der Waals surface area contributed by atoms with Gasteiger partial charge in [0.25, 0.3) is 0 Å². The van der Waals surface area contributed by atoms with E-state index in [2.05, 4.69) is 0 Å². The molecule has 0 heterocycles. The quantitative estimate of drug-likeness (QED) is 0.539. The van der Waals surface area contributed by atoms with Gasteiger partial charge in [-0.25, -0.2) is 0 Å².